The average molecular weight is 472 g/mol. The van der Waals surface area contributed by atoms with Crippen molar-refractivity contribution in [1.29, 1.82) is 5.41 Å². The fourth-order valence-corrected chi connectivity index (χ4v) is 4.41. The fraction of sp³-hybridized carbons (Fsp3) is 0.864. The van der Waals surface area contributed by atoms with Crippen LogP contribution in [0.1, 0.15) is 47.0 Å². The van der Waals surface area contributed by atoms with Crippen LogP contribution in [-0.4, -0.2) is 85.0 Å². The molecule has 12 N–H and O–H groups in total. The Balaban J connectivity index is 2.16. The number of rotatable bonds is 10. The van der Waals surface area contributed by atoms with E-state index in [4.69, 9.17) is 42.6 Å². The van der Waals surface area contributed by atoms with E-state index in [9.17, 15) is 5.11 Å². The van der Waals surface area contributed by atoms with E-state index in [2.05, 4.69) is 10.6 Å². The van der Waals surface area contributed by atoms with Gasteiger partial charge in [0.05, 0.1) is 42.5 Å². The first kappa shape index (κ1) is 27.9. The number of nitrogens with one attached hydrogen (secondary N) is 3. The Morgan fingerprint density at radius 2 is 1.91 bits per heavy atom. The van der Waals surface area contributed by atoms with Gasteiger partial charge in [-0.1, -0.05) is 6.92 Å². The highest BCUT2D eigenvalue weighted by molar-refractivity contribution is 5.83. The van der Waals surface area contributed by atoms with Gasteiger partial charge in [-0.15, -0.1) is 0 Å². The lowest BCUT2D eigenvalue weighted by Gasteiger charge is -2.47. The van der Waals surface area contributed by atoms with Crippen LogP contribution in [0.4, 0.5) is 0 Å². The van der Waals surface area contributed by atoms with Crippen LogP contribution in [0.2, 0.25) is 0 Å². The summed E-state index contributed by atoms with van der Waals surface area (Å²) >= 11 is 0. The SMILES string of the molecule is CCNCC1CCC(N)C(OC2C(N)CC(NC(=N)C(C)O)C(OC(C)/C=C(\C)N)C2N)O1. The Kier molecular flexibility index (Phi) is 11.0. The molecule has 2 rings (SSSR count). The van der Waals surface area contributed by atoms with Crippen LogP contribution in [0, 0.1) is 5.41 Å². The molecule has 1 aliphatic carbocycles. The molecule has 1 saturated carbocycles. The number of aliphatic hydroxyl groups is 1. The molecular formula is C22H45N7O4. The second-order valence-electron chi connectivity index (χ2n) is 9.31. The van der Waals surface area contributed by atoms with Crippen LogP contribution in [0.5, 0.6) is 0 Å². The number of allylic oxidation sites excluding steroid dienone is 1. The minimum Gasteiger partial charge on any atom is -0.402 e. The highest BCUT2D eigenvalue weighted by Crippen LogP contribution is 2.28. The van der Waals surface area contributed by atoms with Gasteiger partial charge in [0, 0.05) is 18.3 Å². The van der Waals surface area contributed by atoms with Crippen LogP contribution >= 0.6 is 0 Å². The summed E-state index contributed by atoms with van der Waals surface area (Å²) in [7, 11) is 0. The number of ether oxygens (including phenoxy) is 3. The van der Waals surface area contributed by atoms with Gasteiger partial charge in [0.2, 0.25) is 0 Å². The first-order valence-electron chi connectivity index (χ1n) is 11.9. The van der Waals surface area contributed by atoms with Gasteiger partial charge < -0.3 is 52.9 Å². The molecule has 33 heavy (non-hydrogen) atoms. The van der Waals surface area contributed by atoms with Crippen LogP contribution in [-0.2, 0) is 14.2 Å². The molecule has 11 heteroatoms. The lowest BCUT2D eigenvalue weighted by Crippen LogP contribution is -2.69. The summed E-state index contributed by atoms with van der Waals surface area (Å²) in [6, 6.07) is -1.71. The van der Waals surface area contributed by atoms with Crippen molar-refractivity contribution in [2.24, 2.45) is 22.9 Å². The van der Waals surface area contributed by atoms with Crippen molar-refractivity contribution in [1.82, 2.24) is 10.6 Å². The first-order valence-corrected chi connectivity index (χ1v) is 11.9. The zero-order valence-electron chi connectivity index (χ0n) is 20.4. The molecule has 0 bridgehead atoms. The Morgan fingerprint density at radius 3 is 2.52 bits per heavy atom. The monoisotopic (exact) mass is 471 g/mol. The molecule has 2 fully saturated rings. The molecule has 1 heterocycles. The van der Waals surface area contributed by atoms with Gasteiger partial charge in [0.25, 0.3) is 0 Å². The standard InChI is InChI=1S/C22H45N7O4/c1-5-28-10-14-6-7-15(24)22(32-14)33-19-16(25)9-17(29-21(27)13(4)30)20(18(19)26)31-12(3)8-11(2)23/h8,12-20,22,28,30H,5-7,9-10,23-26H2,1-4H3,(H2,27,29)/b11-8+. The van der Waals surface area contributed by atoms with E-state index in [0.717, 1.165) is 25.9 Å². The van der Waals surface area contributed by atoms with Crippen LogP contribution < -0.4 is 33.6 Å². The molecule has 0 amide bonds. The lowest BCUT2D eigenvalue weighted by molar-refractivity contribution is -0.238. The number of nitrogens with two attached hydrogens (primary N) is 4. The number of amidine groups is 1. The maximum atomic E-state index is 9.78. The smallest absolute Gasteiger partial charge is 0.173 e. The number of hydrogen-bond acceptors (Lipinski definition) is 10. The fourth-order valence-electron chi connectivity index (χ4n) is 4.41. The van der Waals surface area contributed by atoms with Crippen LogP contribution in [0.3, 0.4) is 0 Å². The summed E-state index contributed by atoms with van der Waals surface area (Å²) in [6.07, 6.45) is 0.893. The zero-order valence-corrected chi connectivity index (χ0v) is 20.4. The first-order chi connectivity index (χ1) is 15.5. The second kappa shape index (κ2) is 13.0. The highest BCUT2D eigenvalue weighted by atomic mass is 16.7. The average Bonchev–Trinajstić information content (AvgIpc) is 2.73. The summed E-state index contributed by atoms with van der Waals surface area (Å²) in [5.41, 5.74) is 25.9. The van der Waals surface area contributed by atoms with Gasteiger partial charge in [0.15, 0.2) is 6.29 Å². The molecule has 0 aromatic carbocycles. The van der Waals surface area contributed by atoms with Gasteiger partial charge in [-0.3, -0.25) is 5.41 Å². The molecule has 11 nitrogen and oxygen atoms in total. The Bertz CT molecular complexity index is 644. The summed E-state index contributed by atoms with van der Waals surface area (Å²) in [4.78, 5) is 0. The predicted molar refractivity (Wildman–Crippen MR) is 128 cm³/mol. The van der Waals surface area contributed by atoms with Gasteiger partial charge in [-0.25, -0.2) is 0 Å². The zero-order chi connectivity index (χ0) is 24.7. The third-order valence-corrected chi connectivity index (χ3v) is 6.14. The molecule has 0 aromatic heterocycles. The van der Waals surface area contributed by atoms with Crippen LogP contribution in [0.25, 0.3) is 0 Å². The van der Waals surface area contributed by atoms with Crippen molar-refractivity contribution in [2.75, 3.05) is 13.1 Å². The maximum absolute atomic E-state index is 9.78. The Labute approximate surface area is 197 Å². The molecule has 2 aliphatic rings. The van der Waals surface area contributed by atoms with Crippen molar-refractivity contribution in [3.63, 3.8) is 0 Å². The van der Waals surface area contributed by atoms with Crippen molar-refractivity contribution in [2.45, 2.75) is 108 Å². The number of hydrogen-bond donors (Lipinski definition) is 8. The molecule has 0 radical (unpaired) electrons. The summed E-state index contributed by atoms with van der Waals surface area (Å²) in [5.74, 6) is -0.0190. The largest absolute Gasteiger partial charge is 0.402 e. The Hall–Kier alpha value is -1.31. The topological polar surface area (TPSA) is 200 Å². The molecule has 10 atom stereocenters. The molecular weight excluding hydrogens is 426 g/mol. The molecule has 1 saturated heterocycles. The van der Waals surface area contributed by atoms with E-state index in [-0.39, 0.29) is 30.1 Å². The quantitative estimate of drug-likeness (QED) is 0.142. The maximum Gasteiger partial charge on any atom is 0.173 e. The van der Waals surface area contributed by atoms with Crippen molar-refractivity contribution in [3.05, 3.63) is 11.8 Å². The molecule has 192 valence electrons. The predicted octanol–water partition coefficient (Wildman–Crippen LogP) is -1.18. The summed E-state index contributed by atoms with van der Waals surface area (Å²) in [6.45, 7) is 8.82. The van der Waals surface area contributed by atoms with E-state index in [0.29, 0.717) is 12.1 Å². The normalized spacial score (nSPS) is 37.4. The number of aliphatic hydroxyl groups excluding tert-OH is 1. The highest BCUT2D eigenvalue weighted by Gasteiger charge is 2.46. The van der Waals surface area contributed by atoms with E-state index in [1.54, 1.807) is 13.0 Å². The van der Waals surface area contributed by atoms with Gasteiger partial charge in [-0.05, 0) is 52.7 Å². The van der Waals surface area contributed by atoms with Crippen LogP contribution in [0.15, 0.2) is 11.8 Å². The lowest BCUT2D eigenvalue weighted by atomic mass is 9.82. The third-order valence-electron chi connectivity index (χ3n) is 6.14. The van der Waals surface area contributed by atoms with E-state index >= 15 is 0 Å². The second-order valence-corrected chi connectivity index (χ2v) is 9.31. The van der Waals surface area contributed by atoms with Gasteiger partial charge in [0.1, 0.15) is 11.9 Å². The minimum absolute atomic E-state index is 0.0106. The molecule has 10 unspecified atom stereocenters. The van der Waals surface area contributed by atoms with Gasteiger partial charge >= 0.3 is 0 Å². The van der Waals surface area contributed by atoms with Crippen molar-refractivity contribution < 1.29 is 19.3 Å². The summed E-state index contributed by atoms with van der Waals surface area (Å²) < 4.78 is 18.7. The van der Waals surface area contributed by atoms with Crippen molar-refractivity contribution in [3.8, 4) is 0 Å². The summed E-state index contributed by atoms with van der Waals surface area (Å²) in [5, 5.41) is 24.2. The van der Waals surface area contributed by atoms with Gasteiger partial charge in [-0.2, -0.15) is 0 Å². The molecule has 1 aliphatic heterocycles. The third kappa shape index (κ3) is 8.15. The van der Waals surface area contributed by atoms with E-state index in [1.165, 1.54) is 6.92 Å². The van der Waals surface area contributed by atoms with E-state index in [1.807, 2.05) is 13.8 Å². The minimum atomic E-state index is -0.946. The molecule has 0 aromatic rings. The van der Waals surface area contributed by atoms with Crippen molar-refractivity contribution >= 4 is 5.84 Å². The van der Waals surface area contributed by atoms with E-state index < -0.39 is 36.7 Å². The Morgan fingerprint density at radius 1 is 1.21 bits per heavy atom. The molecule has 0 spiro atoms. The number of likely N-dealkylation sites (N-methyl/N-ethyl adjacent to an activating group) is 1.